The van der Waals surface area contributed by atoms with Crippen LogP contribution in [0.1, 0.15) is 5.56 Å². The third kappa shape index (κ3) is 4.52. The van der Waals surface area contributed by atoms with Gasteiger partial charge >= 0.3 is 5.97 Å². The molecule has 1 aliphatic rings. The van der Waals surface area contributed by atoms with Crippen LogP contribution in [-0.2, 0) is 9.59 Å². The van der Waals surface area contributed by atoms with Crippen LogP contribution in [-0.4, -0.2) is 42.0 Å². The predicted octanol–water partition coefficient (Wildman–Crippen LogP) is 2.17. The molecule has 0 aliphatic carbocycles. The molecule has 0 fully saturated rings. The topological polar surface area (TPSA) is 100 Å². The van der Waals surface area contributed by atoms with E-state index in [1.54, 1.807) is 48.5 Å². The summed E-state index contributed by atoms with van der Waals surface area (Å²) >= 11 is 0. The van der Waals surface area contributed by atoms with Crippen molar-refractivity contribution < 1.29 is 19.4 Å². The maximum absolute atomic E-state index is 12.7. The van der Waals surface area contributed by atoms with Crippen LogP contribution in [0.4, 0.5) is 5.69 Å². The van der Waals surface area contributed by atoms with Gasteiger partial charge in [0, 0.05) is 17.8 Å². The van der Waals surface area contributed by atoms with Crippen molar-refractivity contribution in [3.63, 3.8) is 0 Å². The molecule has 1 heterocycles. The highest BCUT2D eigenvalue weighted by Gasteiger charge is 2.30. The molecule has 2 aromatic carbocycles. The van der Waals surface area contributed by atoms with Crippen molar-refractivity contribution in [3.8, 4) is 5.75 Å². The number of ketones is 1. The minimum absolute atomic E-state index is 0.0586. The maximum atomic E-state index is 12.7. The number of anilines is 1. The molecule has 2 aromatic rings. The zero-order chi connectivity index (χ0) is 19.2. The van der Waals surface area contributed by atoms with Gasteiger partial charge in [0.15, 0.2) is 5.96 Å². The van der Waals surface area contributed by atoms with E-state index in [4.69, 9.17) is 4.74 Å². The molecule has 0 bridgehead atoms. The molecule has 0 aromatic heterocycles. The van der Waals surface area contributed by atoms with Crippen LogP contribution < -0.4 is 15.4 Å². The van der Waals surface area contributed by atoms with Crippen LogP contribution >= 0.6 is 0 Å². The van der Waals surface area contributed by atoms with Crippen LogP contribution in [0, 0.1) is 0 Å². The van der Waals surface area contributed by atoms with Crippen molar-refractivity contribution in [2.24, 2.45) is 4.99 Å². The van der Waals surface area contributed by atoms with Crippen LogP contribution in [0.3, 0.4) is 0 Å². The first-order chi connectivity index (χ1) is 13.0. The number of carbonyl (C=O) groups is 2. The third-order valence-corrected chi connectivity index (χ3v) is 3.90. The first-order valence-electron chi connectivity index (χ1n) is 8.38. The second kappa shape index (κ2) is 8.18. The summed E-state index contributed by atoms with van der Waals surface area (Å²) in [5, 5.41) is 15.6. The van der Waals surface area contributed by atoms with Crippen LogP contribution in [0.2, 0.25) is 0 Å². The number of para-hydroxylation sites is 1. The van der Waals surface area contributed by atoms with Gasteiger partial charge in [0.1, 0.15) is 5.75 Å². The zero-order valence-electron chi connectivity index (χ0n) is 14.5. The fourth-order valence-electron chi connectivity index (χ4n) is 2.55. The lowest BCUT2D eigenvalue weighted by molar-refractivity contribution is -0.148. The fourth-order valence-corrected chi connectivity index (χ4v) is 2.55. The molecule has 0 radical (unpaired) electrons. The predicted molar refractivity (Wildman–Crippen MR) is 103 cm³/mol. The smallest absolute Gasteiger partial charge is 0.353 e. The highest BCUT2D eigenvalue weighted by molar-refractivity contribution is 6.27. The third-order valence-electron chi connectivity index (χ3n) is 3.90. The molecule has 1 unspecified atom stereocenters. The molecule has 138 valence electrons. The number of carboxylic acid groups (broad SMARTS) is 1. The van der Waals surface area contributed by atoms with Crippen molar-refractivity contribution in [2.75, 3.05) is 18.4 Å². The van der Waals surface area contributed by atoms with Gasteiger partial charge in [-0.2, -0.15) is 0 Å². The summed E-state index contributed by atoms with van der Waals surface area (Å²) in [6.45, 7) is 5.24. The normalized spacial score (nSPS) is 13.9. The minimum atomic E-state index is -1.67. The summed E-state index contributed by atoms with van der Waals surface area (Å²) in [4.78, 5) is 28.5. The lowest BCUT2D eigenvalue weighted by atomic mass is 9.99. The summed E-state index contributed by atoms with van der Waals surface area (Å²) in [6, 6.07) is 15.3. The Balaban J connectivity index is 1.76. The summed E-state index contributed by atoms with van der Waals surface area (Å²) in [6.07, 6.45) is -1.67. The number of aliphatic imine (C=N–C) groups is 1. The maximum Gasteiger partial charge on any atom is 0.353 e. The number of guanidine groups is 1. The van der Waals surface area contributed by atoms with E-state index in [1.165, 1.54) is 0 Å². The van der Waals surface area contributed by atoms with Crippen molar-refractivity contribution >= 4 is 29.0 Å². The van der Waals surface area contributed by atoms with Gasteiger partial charge in [-0.1, -0.05) is 36.9 Å². The highest BCUT2D eigenvalue weighted by atomic mass is 16.5. The first kappa shape index (κ1) is 18.2. The first-order valence-corrected chi connectivity index (χ1v) is 8.38. The lowest BCUT2D eigenvalue weighted by Gasteiger charge is -2.16. The van der Waals surface area contributed by atoms with Gasteiger partial charge in [0.2, 0.25) is 5.78 Å². The average Bonchev–Trinajstić information content (AvgIpc) is 3.19. The molecule has 1 aliphatic heterocycles. The van der Waals surface area contributed by atoms with Gasteiger partial charge in [-0.05, 0) is 29.8 Å². The molecule has 0 saturated carbocycles. The van der Waals surface area contributed by atoms with E-state index in [2.05, 4.69) is 22.2 Å². The van der Waals surface area contributed by atoms with E-state index in [1.807, 2.05) is 6.07 Å². The van der Waals surface area contributed by atoms with E-state index in [-0.39, 0.29) is 5.57 Å². The zero-order valence-corrected chi connectivity index (χ0v) is 14.5. The molecule has 7 heteroatoms. The van der Waals surface area contributed by atoms with Crippen molar-refractivity contribution in [1.82, 2.24) is 5.32 Å². The number of hydrogen-bond acceptors (Lipinski definition) is 6. The minimum Gasteiger partial charge on any atom is -0.478 e. The Morgan fingerprint density at radius 3 is 2.63 bits per heavy atom. The van der Waals surface area contributed by atoms with Gasteiger partial charge in [-0.25, -0.2) is 4.79 Å². The number of hydrogen-bond donors (Lipinski definition) is 3. The average molecular weight is 365 g/mol. The number of benzene rings is 2. The molecule has 7 nitrogen and oxygen atoms in total. The van der Waals surface area contributed by atoms with E-state index in [0.717, 1.165) is 6.54 Å². The largest absolute Gasteiger partial charge is 0.478 e. The van der Waals surface area contributed by atoms with Crippen LogP contribution in [0.15, 0.2) is 66.2 Å². The molecule has 3 N–H and O–H groups in total. The van der Waals surface area contributed by atoms with E-state index >= 15 is 0 Å². The Hall–Kier alpha value is -3.61. The van der Waals surface area contributed by atoms with Gasteiger partial charge in [-0.15, -0.1) is 0 Å². The number of nitrogens with zero attached hydrogens (tertiary/aromatic N) is 1. The quantitative estimate of drug-likeness (QED) is 0.514. The molecule has 0 saturated heterocycles. The van der Waals surface area contributed by atoms with E-state index in [9.17, 15) is 14.7 Å². The molecule has 1 atom stereocenters. The Bertz CT molecular complexity index is 893. The van der Waals surface area contributed by atoms with Gasteiger partial charge in [0.25, 0.3) is 6.10 Å². The number of carbonyl (C=O) groups excluding carboxylic acids is 1. The number of nitrogens with one attached hydrogen (secondary N) is 2. The summed E-state index contributed by atoms with van der Waals surface area (Å²) < 4.78 is 5.36. The Morgan fingerprint density at radius 2 is 1.96 bits per heavy atom. The van der Waals surface area contributed by atoms with E-state index < -0.39 is 17.9 Å². The number of Topliss-reactive ketones (excluding diaryl/α,β-unsaturated/α-hetero) is 1. The van der Waals surface area contributed by atoms with Gasteiger partial charge in [0.05, 0.1) is 6.54 Å². The van der Waals surface area contributed by atoms with Crippen molar-refractivity contribution in [1.29, 1.82) is 0 Å². The second-order valence-electron chi connectivity index (χ2n) is 5.85. The van der Waals surface area contributed by atoms with Crippen LogP contribution in [0.5, 0.6) is 5.75 Å². The molecular formula is C20H19N3O4. The van der Waals surface area contributed by atoms with Crippen molar-refractivity contribution in [3.05, 3.63) is 66.7 Å². The lowest BCUT2D eigenvalue weighted by Crippen LogP contribution is -2.36. The molecular weight excluding hydrogens is 346 g/mol. The number of aliphatic carboxylic acids is 1. The fraction of sp³-hybridized carbons (Fsp3) is 0.150. The Morgan fingerprint density at radius 1 is 1.19 bits per heavy atom. The van der Waals surface area contributed by atoms with Crippen LogP contribution in [0.25, 0.3) is 5.57 Å². The molecule has 0 amide bonds. The Labute approximate surface area is 156 Å². The summed E-state index contributed by atoms with van der Waals surface area (Å²) in [5.41, 5.74) is 1.28. The molecule has 0 spiro atoms. The van der Waals surface area contributed by atoms with E-state index in [0.29, 0.717) is 29.5 Å². The van der Waals surface area contributed by atoms with Gasteiger partial charge in [-0.3, -0.25) is 9.79 Å². The van der Waals surface area contributed by atoms with Crippen molar-refractivity contribution in [2.45, 2.75) is 6.10 Å². The molecule has 27 heavy (non-hydrogen) atoms. The monoisotopic (exact) mass is 365 g/mol. The summed E-state index contributed by atoms with van der Waals surface area (Å²) in [5.74, 6) is -1.13. The summed E-state index contributed by atoms with van der Waals surface area (Å²) in [7, 11) is 0. The van der Waals surface area contributed by atoms with Gasteiger partial charge < -0.3 is 20.5 Å². The number of carboxylic acids is 1. The number of rotatable bonds is 7. The second-order valence-corrected chi connectivity index (χ2v) is 5.85. The Kier molecular flexibility index (Phi) is 5.51. The number of ether oxygens (including phenoxy) is 1. The standard InChI is InChI=1S/C20H19N3O4/c1-13(14-6-5-7-15(12-14)23-20-21-10-11-22-20)17(24)18(19(25)26)27-16-8-3-2-4-9-16/h2-9,12,18H,1,10-11H2,(H,25,26)(H2,21,22,23). The molecule has 3 rings (SSSR count). The highest BCUT2D eigenvalue weighted by Crippen LogP contribution is 2.22. The SMILES string of the molecule is C=C(C(=O)C(Oc1ccccc1)C(=O)O)c1cccc(NC2=NCCN2)c1.